The second-order valence-corrected chi connectivity index (χ2v) is 4.80. The molecule has 0 atom stereocenters. The van der Waals surface area contributed by atoms with E-state index in [1.807, 2.05) is 6.26 Å². The van der Waals surface area contributed by atoms with Gasteiger partial charge in [0.2, 0.25) is 0 Å². The highest BCUT2D eigenvalue weighted by molar-refractivity contribution is 7.98. The van der Waals surface area contributed by atoms with Crippen molar-refractivity contribution in [1.29, 1.82) is 0 Å². The summed E-state index contributed by atoms with van der Waals surface area (Å²) in [7, 11) is 0. The van der Waals surface area contributed by atoms with Crippen LogP contribution < -0.4 is 10.6 Å². The summed E-state index contributed by atoms with van der Waals surface area (Å²) in [6.45, 7) is 0.618. The van der Waals surface area contributed by atoms with Crippen LogP contribution in [0.15, 0.2) is 18.3 Å². The number of hydrogen-bond donors (Lipinski definition) is 3. The van der Waals surface area contributed by atoms with E-state index < -0.39 is 5.97 Å². The summed E-state index contributed by atoms with van der Waals surface area (Å²) in [5, 5.41) is 14.0. The molecule has 0 aliphatic heterocycles. The first-order valence-electron chi connectivity index (χ1n) is 5.86. The number of unbranched alkanes of at least 4 members (excludes halogenated alkanes) is 1. The number of hydrogen-bond acceptors (Lipinski definition) is 4. The van der Waals surface area contributed by atoms with Gasteiger partial charge in [0.05, 0.1) is 11.9 Å². The van der Waals surface area contributed by atoms with Crippen molar-refractivity contribution >= 4 is 29.4 Å². The quantitative estimate of drug-likeness (QED) is 0.666. The molecule has 0 unspecified atom stereocenters. The van der Waals surface area contributed by atoms with E-state index in [9.17, 15) is 9.59 Å². The number of nitrogens with zero attached hydrogens (tertiary/aromatic N) is 1. The first kappa shape index (κ1) is 15.3. The molecule has 0 aliphatic carbocycles. The molecular weight excluding hydrogens is 266 g/mol. The molecule has 1 heterocycles. The molecule has 0 aromatic carbocycles. The maximum atomic E-state index is 11.5. The van der Waals surface area contributed by atoms with Crippen molar-refractivity contribution in [1.82, 2.24) is 10.3 Å². The van der Waals surface area contributed by atoms with Crippen molar-refractivity contribution in [3.05, 3.63) is 24.0 Å². The van der Waals surface area contributed by atoms with Gasteiger partial charge in [0.25, 0.3) is 0 Å². The second-order valence-electron chi connectivity index (χ2n) is 3.82. The van der Waals surface area contributed by atoms with E-state index in [2.05, 4.69) is 15.6 Å². The van der Waals surface area contributed by atoms with Gasteiger partial charge in [0, 0.05) is 6.54 Å². The van der Waals surface area contributed by atoms with Crippen LogP contribution >= 0.6 is 11.8 Å². The Morgan fingerprint density at radius 2 is 2.16 bits per heavy atom. The topological polar surface area (TPSA) is 91.3 Å². The molecular formula is C12H17N3O3S. The van der Waals surface area contributed by atoms with Crippen LogP contribution in [0, 0.1) is 0 Å². The van der Waals surface area contributed by atoms with Gasteiger partial charge in [-0.25, -0.2) is 14.6 Å². The molecule has 0 bridgehead atoms. The molecule has 3 N–H and O–H groups in total. The van der Waals surface area contributed by atoms with Crippen molar-refractivity contribution in [3.63, 3.8) is 0 Å². The van der Waals surface area contributed by atoms with Gasteiger partial charge >= 0.3 is 12.0 Å². The summed E-state index contributed by atoms with van der Waals surface area (Å²) < 4.78 is 0. The Balaban J connectivity index is 2.30. The summed E-state index contributed by atoms with van der Waals surface area (Å²) in [6, 6.07) is 2.54. The van der Waals surface area contributed by atoms with Crippen molar-refractivity contribution < 1.29 is 14.7 Å². The third kappa shape index (κ3) is 6.10. The van der Waals surface area contributed by atoms with Crippen LogP contribution in [0.2, 0.25) is 0 Å². The van der Waals surface area contributed by atoms with Crippen LogP contribution in [0.4, 0.5) is 10.5 Å². The summed E-state index contributed by atoms with van der Waals surface area (Å²) >= 11 is 1.78. The van der Waals surface area contributed by atoms with Crippen molar-refractivity contribution in [3.8, 4) is 0 Å². The molecule has 0 aliphatic rings. The molecule has 104 valence electrons. The first-order chi connectivity index (χ1) is 9.13. The Labute approximate surface area is 116 Å². The molecule has 0 radical (unpaired) electrons. The van der Waals surface area contributed by atoms with E-state index >= 15 is 0 Å². The van der Waals surface area contributed by atoms with E-state index in [1.54, 1.807) is 11.8 Å². The molecule has 1 aromatic rings. The Kier molecular flexibility index (Phi) is 6.73. The van der Waals surface area contributed by atoms with Gasteiger partial charge in [-0.2, -0.15) is 11.8 Å². The van der Waals surface area contributed by atoms with Gasteiger partial charge < -0.3 is 15.7 Å². The number of carboxylic acids is 1. The molecule has 0 saturated carbocycles. The molecule has 0 fully saturated rings. The summed E-state index contributed by atoms with van der Waals surface area (Å²) in [5.74, 6) is -0.00561. The minimum Gasteiger partial charge on any atom is -0.477 e. The van der Waals surface area contributed by atoms with Crippen LogP contribution in [0.3, 0.4) is 0 Å². The predicted octanol–water partition coefficient (Wildman–Crippen LogP) is 2.04. The van der Waals surface area contributed by atoms with Crippen molar-refractivity contribution in [2.75, 3.05) is 23.9 Å². The SMILES string of the molecule is CSCCCCNC(=O)Nc1ccc(C(=O)O)nc1. The zero-order valence-electron chi connectivity index (χ0n) is 10.7. The minimum atomic E-state index is -1.09. The third-order valence-corrected chi connectivity index (χ3v) is 3.00. The van der Waals surface area contributed by atoms with Gasteiger partial charge in [-0.05, 0) is 37.0 Å². The maximum Gasteiger partial charge on any atom is 0.354 e. The van der Waals surface area contributed by atoms with E-state index in [0.29, 0.717) is 12.2 Å². The predicted molar refractivity (Wildman–Crippen MR) is 75.8 cm³/mol. The number of nitrogens with one attached hydrogen (secondary N) is 2. The molecule has 19 heavy (non-hydrogen) atoms. The number of anilines is 1. The lowest BCUT2D eigenvalue weighted by Crippen LogP contribution is -2.29. The average molecular weight is 283 g/mol. The monoisotopic (exact) mass is 283 g/mol. The van der Waals surface area contributed by atoms with Gasteiger partial charge in [-0.3, -0.25) is 0 Å². The normalized spacial score (nSPS) is 9.95. The number of pyridine rings is 1. The first-order valence-corrected chi connectivity index (χ1v) is 7.26. The number of aromatic carboxylic acids is 1. The highest BCUT2D eigenvalue weighted by Gasteiger charge is 2.05. The fourth-order valence-corrected chi connectivity index (χ4v) is 1.84. The molecule has 1 rings (SSSR count). The highest BCUT2D eigenvalue weighted by atomic mass is 32.2. The van der Waals surface area contributed by atoms with Crippen molar-refractivity contribution in [2.24, 2.45) is 0 Å². The third-order valence-electron chi connectivity index (χ3n) is 2.30. The Hall–Kier alpha value is -1.76. The molecule has 0 spiro atoms. The molecule has 0 saturated heterocycles. The van der Waals surface area contributed by atoms with E-state index in [0.717, 1.165) is 18.6 Å². The lowest BCUT2D eigenvalue weighted by atomic mass is 10.3. The van der Waals surface area contributed by atoms with Crippen LogP contribution in [-0.4, -0.2) is 40.6 Å². The van der Waals surface area contributed by atoms with E-state index in [-0.39, 0.29) is 11.7 Å². The Bertz CT molecular complexity index is 423. The number of carbonyl (C=O) groups excluding carboxylic acids is 1. The number of rotatable bonds is 7. The minimum absolute atomic E-state index is 0.0528. The smallest absolute Gasteiger partial charge is 0.354 e. The molecule has 1 aromatic heterocycles. The van der Waals surface area contributed by atoms with Crippen LogP contribution in [0.5, 0.6) is 0 Å². The number of aromatic nitrogens is 1. The summed E-state index contributed by atoms with van der Waals surface area (Å²) in [4.78, 5) is 25.8. The van der Waals surface area contributed by atoms with E-state index in [4.69, 9.17) is 5.11 Å². The largest absolute Gasteiger partial charge is 0.477 e. The zero-order valence-corrected chi connectivity index (χ0v) is 11.5. The van der Waals surface area contributed by atoms with Gasteiger partial charge in [0.15, 0.2) is 0 Å². The van der Waals surface area contributed by atoms with Crippen LogP contribution in [-0.2, 0) is 0 Å². The maximum absolute atomic E-state index is 11.5. The molecule has 2 amide bonds. The number of thioether (sulfide) groups is 1. The molecule has 7 heteroatoms. The zero-order chi connectivity index (χ0) is 14.1. The fourth-order valence-electron chi connectivity index (χ4n) is 1.34. The number of urea groups is 1. The van der Waals surface area contributed by atoms with E-state index in [1.165, 1.54) is 18.3 Å². The van der Waals surface area contributed by atoms with Gasteiger partial charge in [-0.1, -0.05) is 0 Å². The second kappa shape index (κ2) is 8.36. The van der Waals surface area contributed by atoms with Crippen molar-refractivity contribution in [2.45, 2.75) is 12.8 Å². The Morgan fingerprint density at radius 1 is 1.37 bits per heavy atom. The number of carboxylic acid groups (broad SMARTS) is 1. The number of carbonyl (C=O) groups is 2. The fraction of sp³-hybridized carbons (Fsp3) is 0.417. The van der Waals surface area contributed by atoms with Gasteiger partial charge in [-0.15, -0.1) is 0 Å². The molecule has 6 nitrogen and oxygen atoms in total. The summed E-state index contributed by atoms with van der Waals surface area (Å²) in [6.07, 6.45) is 5.37. The highest BCUT2D eigenvalue weighted by Crippen LogP contribution is 2.06. The summed E-state index contributed by atoms with van der Waals surface area (Å²) in [5.41, 5.74) is 0.412. The lowest BCUT2D eigenvalue weighted by molar-refractivity contribution is 0.0690. The van der Waals surface area contributed by atoms with Crippen LogP contribution in [0.25, 0.3) is 0 Å². The average Bonchev–Trinajstić information content (AvgIpc) is 2.39. The van der Waals surface area contributed by atoms with Gasteiger partial charge in [0.1, 0.15) is 5.69 Å². The lowest BCUT2D eigenvalue weighted by Gasteiger charge is -2.07. The standard InChI is InChI=1S/C12H17N3O3S/c1-19-7-3-2-6-13-12(18)15-9-4-5-10(11(16)17)14-8-9/h4-5,8H,2-3,6-7H2,1H3,(H,16,17)(H2,13,15,18). The Morgan fingerprint density at radius 3 is 2.74 bits per heavy atom. The van der Waals surface area contributed by atoms with Crippen LogP contribution in [0.1, 0.15) is 23.3 Å². The number of amides is 2.